The second-order valence-corrected chi connectivity index (χ2v) is 9.81. The predicted molar refractivity (Wildman–Crippen MR) is 130 cm³/mol. The quantitative estimate of drug-likeness (QED) is 0.305. The second kappa shape index (κ2) is 14.5. The molecule has 5 N–H and O–H groups in total. The number of nitrogens with one attached hydrogen (secondary N) is 2. The van der Waals surface area contributed by atoms with Crippen molar-refractivity contribution in [1.82, 2.24) is 10.6 Å². The Hall–Kier alpha value is -1.67. The van der Waals surface area contributed by atoms with E-state index in [4.69, 9.17) is 15.2 Å². The summed E-state index contributed by atoms with van der Waals surface area (Å²) in [6, 6.07) is 6.91. The van der Waals surface area contributed by atoms with Gasteiger partial charge in [0.2, 0.25) is 0 Å². The zero-order valence-corrected chi connectivity index (χ0v) is 20.8. The number of aliphatic hydroxyl groups excluding tert-OH is 1. The Kier molecular flexibility index (Phi) is 12.8. The van der Waals surface area contributed by atoms with E-state index in [1.54, 1.807) is 13.2 Å². The highest BCUT2D eigenvalue weighted by Gasteiger charge is 2.23. The van der Waals surface area contributed by atoms with Crippen molar-refractivity contribution in [3.05, 3.63) is 29.8 Å². The van der Waals surface area contributed by atoms with Crippen LogP contribution >= 0.6 is 0 Å². The molecule has 32 heavy (non-hydrogen) atoms. The number of hydrogen-bond acceptors (Lipinski definition) is 6. The van der Waals surface area contributed by atoms with E-state index in [0.717, 1.165) is 12.8 Å². The SMILES string of the molecule is COCCCCOc1ccccc1C(=O)N[C@@H](CC[C@H](N)[C@@H](O)CNC(C)(C)C)C(C)C. The molecule has 0 aliphatic carbocycles. The fourth-order valence-corrected chi connectivity index (χ4v) is 3.26. The Morgan fingerprint density at radius 3 is 2.41 bits per heavy atom. The molecular weight excluding hydrogens is 406 g/mol. The number of para-hydroxylation sites is 1. The van der Waals surface area contributed by atoms with Crippen LogP contribution in [-0.4, -0.2) is 61.6 Å². The van der Waals surface area contributed by atoms with Crippen LogP contribution in [0.3, 0.4) is 0 Å². The molecule has 0 aliphatic rings. The highest BCUT2D eigenvalue weighted by atomic mass is 16.5. The van der Waals surface area contributed by atoms with Gasteiger partial charge < -0.3 is 30.9 Å². The van der Waals surface area contributed by atoms with Crippen molar-refractivity contribution >= 4 is 5.91 Å². The minimum absolute atomic E-state index is 0.0499. The molecule has 0 spiro atoms. The molecule has 0 bridgehead atoms. The van der Waals surface area contributed by atoms with Crippen molar-refractivity contribution in [3.8, 4) is 5.75 Å². The summed E-state index contributed by atoms with van der Waals surface area (Å²) >= 11 is 0. The summed E-state index contributed by atoms with van der Waals surface area (Å²) in [6.07, 6.45) is 2.45. The smallest absolute Gasteiger partial charge is 0.255 e. The van der Waals surface area contributed by atoms with Gasteiger partial charge in [0.05, 0.1) is 18.3 Å². The summed E-state index contributed by atoms with van der Waals surface area (Å²) in [4.78, 5) is 13.0. The lowest BCUT2D eigenvalue weighted by Gasteiger charge is -2.28. The van der Waals surface area contributed by atoms with Gasteiger partial charge in [-0.3, -0.25) is 4.79 Å². The zero-order valence-electron chi connectivity index (χ0n) is 20.8. The first kappa shape index (κ1) is 28.4. The van der Waals surface area contributed by atoms with Crippen molar-refractivity contribution < 1.29 is 19.4 Å². The normalized spacial score (nSPS) is 14.8. The largest absolute Gasteiger partial charge is 0.493 e. The number of unbranched alkanes of at least 4 members (excludes halogenated alkanes) is 1. The van der Waals surface area contributed by atoms with Gasteiger partial charge in [-0.05, 0) is 64.5 Å². The topological polar surface area (TPSA) is 106 Å². The van der Waals surface area contributed by atoms with Gasteiger partial charge in [-0.15, -0.1) is 0 Å². The highest BCUT2D eigenvalue weighted by molar-refractivity contribution is 5.97. The Morgan fingerprint density at radius 2 is 1.78 bits per heavy atom. The molecule has 0 heterocycles. The number of nitrogens with two attached hydrogens (primary N) is 1. The molecule has 3 atom stereocenters. The third kappa shape index (κ3) is 11.3. The average molecular weight is 452 g/mol. The lowest BCUT2D eigenvalue weighted by Crippen LogP contribution is -2.48. The zero-order chi connectivity index (χ0) is 24.1. The molecule has 184 valence electrons. The first-order chi connectivity index (χ1) is 15.0. The van der Waals surface area contributed by atoms with Crippen LogP contribution in [0.5, 0.6) is 5.75 Å². The van der Waals surface area contributed by atoms with Crippen LogP contribution in [0.15, 0.2) is 24.3 Å². The molecule has 0 radical (unpaired) electrons. The molecule has 0 saturated heterocycles. The summed E-state index contributed by atoms with van der Waals surface area (Å²) in [5, 5.41) is 16.8. The van der Waals surface area contributed by atoms with Crippen molar-refractivity contribution in [3.63, 3.8) is 0 Å². The van der Waals surface area contributed by atoms with E-state index < -0.39 is 6.10 Å². The summed E-state index contributed by atoms with van der Waals surface area (Å²) in [5.74, 6) is 0.670. The van der Waals surface area contributed by atoms with Crippen LogP contribution in [-0.2, 0) is 4.74 Å². The van der Waals surface area contributed by atoms with E-state index in [1.807, 2.05) is 18.2 Å². The minimum Gasteiger partial charge on any atom is -0.493 e. The number of methoxy groups -OCH3 is 1. The molecular formula is C25H45N3O4. The van der Waals surface area contributed by atoms with E-state index >= 15 is 0 Å². The summed E-state index contributed by atoms with van der Waals surface area (Å²) in [6.45, 7) is 12.0. The number of rotatable bonds is 15. The fourth-order valence-electron chi connectivity index (χ4n) is 3.26. The van der Waals surface area contributed by atoms with Crippen molar-refractivity contribution in [1.29, 1.82) is 0 Å². The van der Waals surface area contributed by atoms with Gasteiger partial charge in [-0.2, -0.15) is 0 Å². The van der Waals surface area contributed by atoms with Crippen LogP contribution in [0.25, 0.3) is 0 Å². The van der Waals surface area contributed by atoms with Crippen LogP contribution in [0.1, 0.15) is 70.7 Å². The van der Waals surface area contributed by atoms with Crippen molar-refractivity contribution in [2.45, 2.75) is 84.0 Å². The van der Waals surface area contributed by atoms with Gasteiger partial charge in [0, 0.05) is 37.9 Å². The van der Waals surface area contributed by atoms with Crippen molar-refractivity contribution in [2.75, 3.05) is 26.9 Å². The number of hydrogen-bond donors (Lipinski definition) is 4. The molecule has 1 aromatic rings. The molecule has 7 heteroatoms. The summed E-state index contributed by atoms with van der Waals surface area (Å²) in [7, 11) is 1.68. The fraction of sp³-hybridized carbons (Fsp3) is 0.720. The lowest BCUT2D eigenvalue weighted by molar-refractivity contribution is 0.0911. The number of aliphatic hydroxyl groups is 1. The Morgan fingerprint density at radius 1 is 1.12 bits per heavy atom. The summed E-state index contributed by atoms with van der Waals surface area (Å²) in [5.41, 5.74) is 6.68. The molecule has 1 aromatic carbocycles. The first-order valence-electron chi connectivity index (χ1n) is 11.8. The number of β-amino-alcohol motifs (C(OH)–C–C–N with tert-alkyl or cyclic N) is 1. The van der Waals surface area contributed by atoms with Gasteiger partial charge in [0.1, 0.15) is 5.75 Å². The summed E-state index contributed by atoms with van der Waals surface area (Å²) < 4.78 is 10.9. The average Bonchev–Trinajstić information content (AvgIpc) is 2.73. The number of amides is 1. The Labute approximate surface area is 194 Å². The maximum atomic E-state index is 13.0. The predicted octanol–water partition coefficient (Wildman–Crippen LogP) is 3.10. The number of carbonyl (C=O) groups excluding carboxylic acids is 1. The van der Waals surface area contributed by atoms with E-state index in [1.165, 1.54) is 0 Å². The monoisotopic (exact) mass is 451 g/mol. The van der Waals surface area contributed by atoms with Crippen molar-refractivity contribution in [2.24, 2.45) is 11.7 Å². The van der Waals surface area contributed by atoms with Gasteiger partial charge in [-0.25, -0.2) is 0 Å². The van der Waals surface area contributed by atoms with E-state index in [9.17, 15) is 9.90 Å². The molecule has 1 rings (SSSR count). The number of carbonyl (C=O) groups is 1. The van der Waals surface area contributed by atoms with Gasteiger partial charge in [0.25, 0.3) is 5.91 Å². The van der Waals surface area contributed by atoms with Crippen LogP contribution < -0.4 is 21.1 Å². The van der Waals surface area contributed by atoms with Crippen LogP contribution in [0.4, 0.5) is 0 Å². The molecule has 0 fully saturated rings. The third-order valence-corrected chi connectivity index (χ3v) is 5.40. The van der Waals surface area contributed by atoms with E-state index in [2.05, 4.69) is 45.3 Å². The van der Waals surface area contributed by atoms with E-state index in [0.29, 0.717) is 43.9 Å². The number of benzene rings is 1. The van der Waals surface area contributed by atoms with Gasteiger partial charge >= 0.3 is 0 Å². The maximum Gasteiger partial charge on any atom is 0.255 e. The molecule has 0 saturated carbocycles. The van der Waals surface area contributed by atoms with Crippen LogP contribution in [0.2, 0.25) is 0 Å². The molecule has 1 amide bonds. The molecule has 0 unspecified atom stereocenters. The minimum atomic E-state index is -0.634. The lowest BCUT2D eigenvalue weighted by atomic mass is 9.94. The highest BCUT2D eigenvalue weighted by Crippen LogP contribution is 2.20. The standard InChI is InChI=1S/C25H45N3O4/c1-18(2)21(14-13-20(26)22(29)17-27-25(3,4)5)28-24(30)19-11-7-8-12-23(19)32-16-10-9-15-31-6/h7-8,11-12,18,20-22,27,29H,9-10,13-17,26H2,1-6H3,(H,28,30)/t20-,21-,22-/m0/s1. The molecule has 0 aromatic heterocycles. The third-order valence-electron chi connectivity index (χ3n) is 5.40. The molecule has 0 aliphatic heterocycles. The number of ether oxygens (including phenoxy) is 2. The van der Waals surface area contributed by atoms with Gasteiger partial charge in [0.15, 0.2) is 0 Å². The maximum absolute atomic E-state index is 13.0. The second-order valence-electron chi connectivity index (χ2n) is 9.81. The van der Waals surface area contributed by atoms with Gasteiger partial charge in [-0.1, -0.05) is 26.0 Å². The molecule has 7 nitrogen and oxygen atoms in total. The Balaban J connectivity index is 2.64. The first-order valence-corrected chi connectivity index (χ1v) is 11.8. The Bertz CT molecular complexity index is 661. The van der Waals surface area contributed by atoms with E-state index in [-0.39, 0.29) is 29.4 Å². The van der Waals surface area contributed by atoms with Crippen LogP contribution in [0, 0.1) is 5.92 Å².